The summed E-state index contributed by atoms with van der Waals surface area (Å²) in [5, 5.41) is 10.9. The summed E-state index contributed by atoms with van der Waals surface area (Å²) in [7, 11) is 0. The average molecular weight is 380 g/mol. The van der Waals surface area contributed by atoms with Gasteiger partial charge in [0.25, 0.3) is 0 Å². The van der Waals surface area contributed by atoms with Crippen LogP contribution in [-0.4, -0.2) is 61.5 Å². The summed E-state index contributed by atoms with van der Waals surface area (Å²) in [6, 6.07) is 2.47. The van der Waals surface area contributed by atoms with E-state index >= 15 is 0 Å². The Bertz CT molecular complexity index is 550. The van der Waals surface area contributed by atoms with Crippen LogP contribution < -0.4 is 10.6 Å². The van der Waals surface area contributed by atoms with E-state index in [4.69, 9.17) is 9.26 Å². The van der Waals surface area contributed by atoms with Crippen LogP contribution in [0.2, 0.25) is 0 Å². The van der Waals surface area contributed by atoms with Crippen LogP contribution in [0.25, 0.3) is 0 Å². The Labute approximate surface area is 163 Å². The Morgan fingerprint density at radius 2 is 1.93 bits per heavy atom. The molecule has 0 bridgehead atoms. The number of nitrogens with one attached hydrogen (secondary N) is 2. The third-order valence-electron chi connectivity index (χ3n) is 5.29. The zero-order valence-corrected chi connectivity index (χ0v) is 17.5. The lowest BCUT2D eigenvalue weighted by Crippen LogP contribution is -2.53. The number of aryl methyl sites for hydroxylation is 1. The molecule has 1 atom stereocenters. The predicted octanol–water partition coefficient (Wildman–Crippen LogP) is 2.43. The maximum Gasteiger partial charge on any atom is 0.191 e. The van der Waals surface area contributed by atoms with Gasteiger partial charge < -0.3 is 19.9 Å². The smallest absolute Gasteiger partial charge is 0.191 e. The first-order chi connectivity index (χ1) is 13.2. The lowest BCUT2D eigenvalue weighted by molar-refractivity contribution is 0.00272. The molecule has 1 unspecified atom stereocenters. The van der Waals surface area contributed by atoms with Gasteiger partial charge in [0, 0.05) is 38.3 Å². The molecule has 1 aliphatic rings. The summed E-state index contributed by atoms with van der Waals surface area (Å²) >= 11 is 0. The zero-order valence-electron chi connectivity index (χ0n) is 17.5. The fourth-order valence-electron chi connectivity index (χ4n) is 3.63. The maximum absolute atomic E-state index is 5.55. The largest absolute Gasteiger partial charge is 0.379 e. The van der Waals surface area contributed by atoms with Crippen LogP contribution in [0.15, 0.2) is 15.6 Å². The topological polar surface area (TPSA) is 74.9 Å². The van der Waals surface area contributed by atoms with Crippen molar-refractivity contribution in [2.24, 2.45) is 10.9 Å². The van der Waals surface area contributed by atoms with Gasteiger partial charge in [-0.25, -0.2) is 4.99 Å². The van der Waals surface area contributed by atoms with Gasteiger partial charge in [-0.15, -0.1) is 0 Å². The summed E-state index contributed by atoms with van der Waals surface area (Å²) in [6.45, 7) is 14.6. The lowest BCUT2D eigenvalue weighted by atomic mass is 9.92. The van der Waals surface area contributed by atoms with Crippen LogP contribution in [0.4, 0.5) is 0 Å². The number of guanidine groups is 1. The molecule has 1 fully saturated rings. The highest BCUT2D eigenvalue weighted by atomic mass is 16.5. The van der Waals surface area contributed by atoms with Crippen LogP contribution in [0.3, 0.4) is 0 Å². The number of hydrogen-bond donors (Lipinski definition) is 2. The molecule has 0 aromatic carbocycles. The molecule has 0 aliphatic carbocycles. The summed E-state index contributed by atoms with van der Waals surface area (Å²) in [6.07, 6.45) is 3.25. The van der Waals surface area contributed by atoms with Crippen molar-refractivity contribution in [3.8, 4) is 0 Å². The Morgan fingerprint density at radius 1 is 1.19 bits per heavy atom. The predicted molar refractivity (Wildman–Crippen MR) is 109 cm³/mol. The second-order valence-corrected chi connectivity index (χ2v) is 7.01. The highest BCUT2D eigenvalue weighted by Gasteiger charge is 2.27. The first-order valence-corrected chi connectivity index (χ1v) is 10.5. The Kier molecular flexibility index (Phi) is 9.62. The number of rotatable bonds is 10. The Morgan fingerprint density at radius 3 is 2.52 bits per heavy atom. The summed E-state index contributed by atoms with van der Waals surface area (Å²) in [5.74, 6) is 2.30. The quantitative estimate of drug-likeness (QED) is 0.480. The van der Waals surface area contributed by atoms with Crippen molar-refractivity contribution in [3.05, 3.63) is 17.5 Å². The van der Waals surface area contributed by atoms with Crippen molar-refractivity contribution in [2.75, 3.05) is 39.4 Å². The molecule has 7 nitrogen and oxygen atoms in total. The number of morpholine rings is 1. The zero-order chi connectivity index (χ0) is 19.5. The molecule has 2 rings (SSSR count). The lowest BCUT2D eigenvalue weighted by Gasteiger charge is -2.39. The van der Waals surface area contributed by atoms with Crippen LogP contribution in [-0.2, 0) is 17.7 Å². The van der Waals surface area contributed by atoms with Gasteiger partial charge in [-0.1, -0.05) is 38.8 Å². The minimum absolute atomic E-state index is 0.490. The van der Waals surface area contributed by atoms with Crippen molar-refractivity contribution >= 4 is 5.96 Å². The van der Waals surface area contributed by atoms with E-state index in [0.717, 1.165) is 63.2 Å². The molecule has 0 amide bonds. The molecule has 27 heavy (non-hydrogen) atoms. The van der Waals surface area contributed by atoms with E-state index in [0.29, 0.717) is 18.5 Å². The molecule has 1 aromatic heterocycles. The normalized spacial score (nSPS) is 17.3. The first kappa shape index (κ1) is 21.7. The molecular weight excluding hydrogens is 342 g/mol. The number of aliphatic imine (C=N–C) groups is 1. The molecule has 1 aromatic rings. The van der Waals surface area contributed by atoms with E-state index in [-0.39, 0.29) is 0 Å². The molecular formula is C20H37N5O2. The van der Waals surface area contributed by atoms with Gasteiger partial charge in [-0.2, -0.15) is 0 Å². The van der Waals surface area contributed by atoms with Crippen LogP contribution >= 0.6 is 0 Å². The van der Waals surface area contributed by atoms with Crippen molar-refractivity contribution in [1.82, 2.24) is 20.7 Å². The van der Waals surface area contributed by atoms with Crippen molar-refractivity contribution in [3.63, 3.8) is 0 Å². The number of hydrogen-bond acceptors (Lipinski definition) is 5. The fraction of sp³-hybridized carbons (Fsp3) is 0.800. The van der Waals surface area contributed by atoms with E-state index in [9.17, 15) is 0 Å². The minimum Gasteiger partial charge on any atom is -0.379 e. The fourth-order valence-corrected chi connectivity index (χ4v) is 3.63. The minimum atomic E-state index is 0.490. The number of aromatic nitrogens is 1. The van der Waals surface area contributed by atoms with Crippen molar-refractivity contribution in [1.29, 1.82) is 0 Å². The second-order valence-electron chi connectivity index (χ2n) is 7.01. The molecule has 2 N–H and O–H groups in total. The molecule has 154 valence electrons. The van der Waals surface area contributed by atoms with Gasteiger partial charge in [0.2, 0.25) is 0 Å². The monoisotopic (exact) mass is 379 g/mol. The van der Waals surface area contributed by atoms with Gasteiger partial charge in [-0.05, 0) is 19.3 Å². The molecule has 0 radical (unpaired) electrons. The first-order valence-electron chi connectivity index (χ1n) is 10.5. The summed E-state index contributed by atoms with van der Waals surface area (Å²) in [5.41, 5.74) is 0.972. The molecule has 2 heterocycles. The van der Waals surface area contributed by atoms with Crippen LogP contribution in [0.5, 0.6) is 0 Å². The number of nitrogens with zero attached hydrogens (tertiary/aromatic N) is 3. The molecule has 0 saturated carbocycles. The highest BCUT2D eigenvalue weighted by molar-refractivity contribution is 5.79. The average Bonchev–Trinajstić information content (AvgIpc) is 3.18. The van der Waals surface area contributed by atoms with Gasteiger partial charge in [-0.3, -0.25) is 4.90 Å². The molecule has 1 aliphatic heterocycles. The van der Waals surface area contributed by atoms with E-state index in [2.05, 4.69) is 53.4 Å². The number of ether oxygens (including phenoxy) is 1. The summed E-state index contributed by atoms with van der Waals surface area (Å²) in [4.78, 5) is 7.25. The van der Waals surface area contributed by atoms with Gasteiger partial charge >= 0.3 is 0 Å². The van der Waals surface area contributed by atoms with E-state index in [1.54, 1.807) is 0 Å². The van der Waals surface area contributed by atoms with Crippen molar-refractivity contribution in [2.45, 2.75) is 59.5 Å². The molecule has 0 spiro atoms. The standard InChI is InChI=1S/C20H37N5O2/c1-5-16(6-2)19(25-9-11-26-12-10-25)15-23-20(21-8-4)22-14-18-13-17(7-3)24-27-18/h13,16,19H,5-12,14-15H2,1-4H3,(H2,21,22,23). The van der Waals surface area contributed by atoms with E-state index in [1.807, 2.05) is 6.07 Å². The van der Waals surface area contributed by atoms with Crippen LogP contribution in [0.1, 0.15) is 52.0 Å². The third kappa shape index (κ3) is 6.81. The maximum atomic E-state index is 5.55. The molecule has 7 heteroatoms. The third-order valence-corrected chi connectivity index (χ3v) is 5.29. The second kappa shape index (κ2) is 12.0. The summed E-state index contributed by atoms with van der Waals surface area (Å²) < 4.78 is 10.9. The van der Waals surface area contributed by atoms with Gasteiger partial charge in [0.1, 0.15) is 6.54 Å². The van der Waals surface area contributed by atoms with E-state index in [1.165, 1.54) is 12.8 Å². The van der Waals surface area contributed by atoms with Crippen molar-refractivity contribution < 1.29 is 9.26 Å². The molecule has 1 saturated heterocycles. The van der Waals surface area contributed by atoms with Gasteiger partial charge in [0.15, 0.2) is 11.7 Å². The SMILES string of the molecule is CCNC(=NCc1cc(CC)no1)NCC(C(CC)CC)N1CCOCC1. The van der Waals surface area contributed by atoms with E-state index < -0.39 is 0 Å². The van der Waals surface area contributed by atoms with Gasteiger partial charge in [0.05, 0.1) is 18.9 Å². The van der Waals surface area contributed by atoms with Crippen LogP contribution in [0, 0.1) is 5.92 Å². The Hall–Kier alpha value is -1.60. The Balaban J connectivity index is 1.99. The highest BCUT2D eigenvalue weighted by Crippen LogP contribution is 2.19.